The second kappa shape index (κ2) is 4.98. The van der Waals surface area contributed by atoms with Crippen molar-refractivity contribution < 1.29 is 4.74 Å². The van der Waals surface area contributed by atoms with Gasteiger partial charge < -0.3 is 4.74 Å². The summed E-state index contributed by atoms with van der Waals surface area (Å²) in [4.78, 5) is 0. The smallest absolute Gasteiger partial charge is 0.106 e. The molecule has 0 aliphatic rings. The van der Waals surface area contributed by atoms with Crippen LogP contribution in [0.15, 0.2) is 38.2 Å². The van der Waals surface area contributed by atoms with Crippen molar-refractivity contribution in [3.8, 4) is 0 Å². The van der Waals surface area contributed by atoms with Crippen LogP contribution in [0.2, 0.25) is 5.04 Å². The molecule has 0 radical (unpaired) electrons. The lowest BCUT2D eigenvalue weighted by molar-refractivity contribution is 0.125. The maximum atomic E-state index is 5.39. The molecular weight excluding hydrogens is 164 g/mol. The topological polar surface area (TPSA) is 9.23 Å². The molecule has 0 rings (SSSR count). The number of hydrogen-bond acceptors (Lipinski definition) is 1. The highest BCUT2D eigenvalue weighted by Gasteiger charge is 2.27. The Bertz CT molecular complexity index is 167. The second-order valence-corrected chi connectivity index (χ2v) is 4.71. The van der Waals surface area contributed by atoms with E-state index in [2.05, 4.69) is 26.7 Å². The van der Waals surface area contributed by atoms with Crippen LogP contribution in [0, 0.1) is 0 Å². The van der Waals surface area contributed by atoms with Crippen molar-refractivity contribution in [2.75, 3.05) is 0 Å². The van der Waals surface area contributed by atoms with Crippen LogP contribution in [0.1, 0.15) is 13.3 Å². The Kier molecular flexibility index (Phi) is 4.67. The fourth-order valence-electron chi connectivity index (χ4n) is 1.15. The first kappa shape index (κ1) is 11.2. The van der Waals surface area contributed by atoms with E-state index in [0.29, 0.717) is 0 Å². The Morgan fingerprint density at radius 1 is 1.42 bits per heavy atom. The van der Waals surface area contributed by atoms with E-state index in [1.807, 2.05) is 12.2 Å². The predicted octanol–water partition coefficient (Wildman–Crippen LogP) is 1.82. The second-order valence-electron chi connectivity index (χ2n) is 2.97. The third-order valence-electron chi connectivity index (χ3n) is 2.20. The van der Waals surface area contributed by atoms with E-state index in [-0.39, 0.29) is 11.1 Å². The largest absolute Gasteiger partial charge is 0.498 e. The minimum absolute atomic E-state index is 0.0249. The minimum atomic E-state index is -0.0249. The van der Waals surface area contributed by atoms with Crippen LogP contribution in [0.3, 0.4) is 0 Å². The quantitative estimate of drug-likeness (QED) is 0.346. The molecule has 0 saturated carbocycles. The molecule has 68 valence electrons. The lowest BCUT2D eigenvalue weighted by atomic mass is 9.99. The van der Waals surface area contributed by atoms with Crippen LogP contribution < -0.4 is 0 Å². The monoisotopic (exact) mass is 182 g/mol. The molecule has 0 spiro atoms. The van der Waals surface area contributed by atoms with Gasteiger partial charge in [0.05, 0.1) is 6.26 Å². The summed E-state index contributed by atoms with van der Waals surface area (Å²) >= 11 is 0. The summed E-state index contributed by atoms with van der Waals surface area (Å²) in [5.74, 6) is 0. The van der Waals surface area contributed by atoms with Gasteiger partial charge in [0, 0.05) is 15.3 Å². The van der Waals surface area contributed by atoms with Crippen molar-refractivity contribution in [3.05, 3.63) is 38.2 Å². The molecule has 0 amide bonds. The van der Waals surface area contributed by atoms with E-state index in [4.69, 9.17) is 4.74 Å². The van der Waals surface area contributed by atoms with Gasteiger partial charge in [-0.15, -0.1) is 13.2 Å². The fourth-order valence-corrected chi connectivity index (χ4v) is 1.69. The van der Waals surface area contributed by atoms with E-state index in [0.717, 1.165) is 16.7 Å². The van der Waals surface area contributed by atoms with Crippen molar-refractivity contribution in [1.29, 1.82) is 0 Å². The van der Waals surface area contributed by atoms with E-state index in [1.165, 1.54) is 6.26 Å². The third-order valence-corrected chi connectivity index (χ3v) is 3.67. The van der Waals surface area contributed by atoms with Crippen LogP contribution in [0.25, 0.3) is 0 Å². The first-order chi connectivity index (χ1) is 5.64. The first-order valence-corrected chi connectivity index (χ1v) is 5.18. The molecule has 0 aliphatic carbocycles. The van der Waals surface area contributed by atoms with Crippen molar-refractivity contribution in [3.63, 3.8) is 0 Å². The zero-order chi connectivity index (χ0) is 9.61. The zero-order valence-electron chi connectivity index (χ0n) is 8.05. The summed E-state index contributed by atoms with van der Waals surface area (Å²) in [5.41, 5.74) is 0. The maximum Gasteiger partial charge on any atom is 0.106 e. The van der Waals surface area contributed by atoms with Gasteiger partial charge in [0.25, 0.3) is 0 Å². The summed E-state index contributed by atoms with van der Waals surface area (Å²) in [6.45, 7) is 13.3. The van der Waals surface area contributed by atoms with Gasteiger partial charge in [0.2, 0.25) is 0 Å². The van der Waals surface area contributed by atoms with Crippen LogP contribution in [0.5, 0.6) is 0 Å². The van der Waals surface area contributed by atoms with Gasteiger partial charge in [-0.1, -0.05) is 25.7 Å². The molecule has 0 aromatic rings. The Morgan fingerprint density at radius 3 is 2.17 bits per heavy atom. The fraction of sp³-hybridized carbons (Fsp3) is 0.400. The van der Waals surface area contributed by atoms with Crippen LogP contribution in [-0.4, -0.2) is 16.3 Å². The average Bonchev–Trinajstić information content (AvgIpc) is 2.13. The summed E-state index contributed by atoms with van der Waals surface area (Å²) in [6.07, 6.45) is 6.44. The van der Waals surface area contributed by atoms with E-state index >= 15 is 0 Å². The highest BCUT2D eigenvalue weighted by Crippen LogP contribution is 2.33. The molecular formula is C10H18OSi. The van der Waals surface area contributed by atoms with E-state index < -0.39 is 0 Å². The van der Waals surface area contributed by atoms with Gasteiger partial charge in [-0.3, -0.25) is 0 Å². The molecule has 0 aromatic heterocycles. The molecule has 0 aliphatic heterocycles. The van der Waals surface area contributed by atoms with Gasteiger partial charge in [0.1, 0.15) is 6.10 Å². The number of rotatable bonds is 6. The SMILES string of the molecule is C=COC(CC)C([SiH3])(C=C)C=C. The lowest BCUT2D eigenvalue weighted by Crippen LogP contribution is -2.25. The lowest BCUT2D eigenvalue weighted by Gasteiger charge is -2.30. The third kappa shape index (κ3) is 2.38. The maximum absolute atomic E-state index is 5.39. The summed E-state index contributed by atoms with van der Waals surface area (Å²) in [5, 5.41) is -0.0249. The molecule has 0 saturated heterocycles. The van der Waals surface area contributed by atoms with E-state index in [9.17, 15) is 0 Å². The van der Waals surface area contributed by atoms with Crippen LogP contribution in [0.4, 0.5) is 0 Å². The van der Waals surface area contributed by atoms with Gasteiger partial charge >= 0.3 is 0 Å². The van der Waals surface area contributed by atoms with Crippen molar-refractivity contribution in [1.82, 2.24) is 0 Å². The number of hydrogen-bond donors (Lipinski definition) is 0. The van der Waals surface area contributed by atoms with Gasteiger partial charge in [-0.2, -0.15) is 0 Å². The Hall–Kier alpha value is -0.763. The molecule has 0 fully saturated rings. The van der Waals surface area contributed by atoms with Crippen LogP contribution in [-0.2, 0) is 4.74 Å². The summed E-state index contributed by atoms with van der Waals surface area (Å²) < 4.78 is 5.39. The van der Waals surface area contributed by atoms with Crippen molar-refractivity contribution >= 4 is 10.2 Å². The molecule has 2 heteroatoms. The Balaban J connectivity index is 4.52. The molecule has 1 nitrogen and oxygen atoms in total. The van der Waals surface area contributed by atoms with Crippen molar-refractivity contribution in [2.24, 2.45) is 0 Å². The molecule has 0 bridgehead atoms. The molecule has 0 aromatic carbocycles. The van der Waals surface area contributed by atoms with Crippen molar-refractivity contribution in [2.45, 2.75) is 24.5 Å². The molecule has 1 unspecified atom stereocenters. The Labute approximate surface area is 78.2 Å². The highest BCUT2D eigenvalue weighted by atomic mass is 28.1. The zero-order valence-corrected chi connectivity index (χ0v) is 10.0. The van der Waals surface area contributed by atoms with Gasteiger partial charge in [-0.05, 0) is 6.42 Å². The first-order valence-electron chi connectivity index (χ1n) is 4.18. The predicted molar refractivity (Wildman–Crippen MR) is 58.4 cm³/mol. The number of ether oxygens (including phenoxy) is 1. The summed E-state index contributed by atoms with van der Waals surface area (Å²) in [6, 6.07) is 0. The van der Waals surface area contributed by atoms with Gasteiger partial charge in [0.15, 0.2) is 0 Å². The molecule has 12 heavy (non-hydrogen) atoms. The standard InChI is InChI=1S/C10H18OSi/c1-5-9(11-8-4)10(12,6-2)7-3/h6-9H,2-5H2,1,12H3. The molecule has 0 N–H and O–H groups in total. The van der Waals surface area contributed by atoms with Gasteiger partial charge in [-0.25, -0.2) is 0 Å². The van der Waals surface area contributed by atoms with Crippen LogP contribution >= 0.6 is 0 Å². The molecule has 1 atom stereocenters. The Morgan fingerprint density at radius 2 is 1.92 bits per heavy atom. The minimum Gasteiger partial charge on any atom is -0.498 e. The normalized spacial score (nSPS) is 13.4. The molecule has 0 heterocycles. The average molecular weight is 182 g/mol. The summed E-state index contributed by atoms with van der Waals surface area (Å²) in [7, 11) is 0.968. The highest BCUT2D eigenvalue weighted by molar-refractivity contribution is 6.18. The van der Waals surface area contributed by atoms with E-state index in [1.54, 1.807) is 0 Å².